The first kappa shape index (κ1) is 31.4. The number of ether oxygens (including phenoxy) is 1. The third-order valence-electron chi connectivity index (χ3n) is 5.37. The van der Waals surface area contributed by atoms with Gasteiger partial charge in [0.25, 0.3) is 0 Å². The lowest BCUT2D eigenvalue weighted by molar-refractivity contribution is -0.170. The van der Waals surface area contributed by atoms with E-state index in [1.807, 2.05) is 0 Å². The van der Waals surface area contributed by atoms with E-state index >= 15 is 0 Å². The first-order chi connectivity index (χ1) is 16.1. The van der Waals surface area contributed by atoms with Crippen molar-refractivity contribution in [2.45, 2.75) is 77.7 Å². The lowest BCUT2D eigenvalue weighted by Gasteiger charge is -2.19. The third-order valence-corrected chi connectivity index (χ3v) is 5.37. The molecule has 0 aliphatic rings. The van der Waals surface area contributed by atoms with Crippen molar-refractivity contribution in [3.63, 3.8) is 0 Å². The molecule has 0 aliphatic heterocycles. The molecule has 0 aliphatic carbocycles. The fraction of sp³-hybridized carbons (Fsp3) is 0.640. The number of likely N-dealkylation sites (N-methyl/N-ethyl adjacent to an activating group) is 1. The Morgan fingerprint density at radius 2 is 1.44 bits per heavy atom. The van der Waals surface area contributed by atoms with E-state index in [0.29, 0.717) is 0 Å². The normalized spacial score (nSPS) is 11.0. The van der Waals surface area contributed by atoms with Gasteiger partial charge in [-0.1, -0.05) is 64.7 Å². The summed E-state index contributed by atoms with van der Waals surface area (Å²) in [4.78, 5) is 32.9. The van der Waals surface area contributed by atoms with E-state index in [2.05, 4.69) is 49.9 Å². The van der Waals surface area contributed by atoms with Crippen molar-refractivity contribution in [3.05, 3.63) is 29.8 Å². The summed E-state index contributed by atoms with van der Waals surface area (Å²) in [5.74, 6) is -3.94. The van der Waals surface area contributed by atoms with E-state index in [4.69, 9.17) is 25.2 Å². The van der Waals surface area contributed by atoms with Gasteiger partial charge in [0.05, 0.1) is 12.8 Å². The average molecular weight is 484 g/mol. The number of unbranched alkanes of at least 4 members (excludes halogenated alkanes) is 4. The zero-order valence-electron chi connectivity index (χ0n) is 20.7. The van der Waals surface area contributed by atoms with Gasteiger partial charge in [-0.15, -0.1) is 0 Å². The van der Waals surface area contributed by atoms with Crippen molar-refractivity contribution in [1.29, 1.82) is 0 Å². The smallest absolute Gasteiger partial charge is 0.336 e. The molecule has 194 valence electrons. The summed E-state index contributed by atoms with van der Waals surface area (Å²) < 4.78 is 6.01. The van der Waals surface area contributed by atoms with Crippen LogP contribution in [-0.2, 0) is 20.8 Å². The number of aliphatic carboxylic acids is 3. The van der Waals surface area contributed by atoms with Crippen molar-refractivity contribution in [1.82, 2.24) is 4.90 Å². The van der Waals surface area contributed by atoms with Gasteiger partial charge in [-0.05, 0) is 37.6 Å². The average Bonchev–Trinajstić information content (AvgIpc) is 2.76. The summed E-state index contributed by atoms with van der Waals surface area (Å²) in [7, 11) is 0. The Morgan fingerprint density at radius 3 is 1.94 bits per heavy atom. The minimum Gasteiger partial charge on any atom is -0.492 e. The summed E-state index contributed by atoms with van der Waals surface area (Å²) in [5.41, 5.74) is -1.37. The molecule has 0 atom stereocenters. The van der Waals surface area contributed by atoms with Crippen molar-refractivity contribution in [2.75, 3.05) is 26.2 Å². The van der Waals surface area contributed by atoms with Gasteiger partial charge in [-0.3, -0.25) is 9.59 Å². The molecule has 0 heterocycles. The zero-order chi connectivity index (χ0) is 26.0. The molecule has 9 nitrogen and oxygen atoms in total. The summed E-state index contributed by atoms with van der Waals surface area (Å²) >= 11 is 0. The van der Waals surface area contributed by atoms with Crippen LogP contribution >= 0.6 is 0 Å². The molecule has 4 N–H and O–H groups in total. The van der Waals surface area contributed by atoms with Crippen LogP contribution in [0.15, 0.2) is 24.3 Å². The largest absolute Gasteiger partial charge is 0.492 e. The molecule has 0 amide bonds. The standard InChI is InChI=1S/C19H33NO.C6H8O7/c1-4-7-8-9-10-13-18-14-11-12-15-19(18)21-17-16-20(5-2)6-3;7-3(8)1-6(13,5(11)12)2-4(9)10/h11-12,14-15H,4-10,13,16-17H2,1-3H3;13H,1-2H2,(H,7,8)(H,9,10)(H,11,12). The van der Waals surface area contributed by atoms with E-state index < -0.39 is 36.4 Å². The van der Waals surface area contributed by atoms with E-state index in [0.717, 1.165) is 38.4 Å². The summed E-state index contributed by atoms with van der Waals surface area (Å²) in [6, 6.07) is 8.53. The number of hydrogen-bond acceptors (Lipinski definition) is 6. The van der Waals surface area contributed by atoms with Gasteiger partial charge in [0.2, 0.25) is 0 Å². The van der Waals surface area contributed by atoms with E-state index in [1.165, 1.54) is 37.7 Å². The summed E-state index contributed by atoms with van der Waals surface area (Å²) in [6.07, 6.45) is 5.50. The number of carboxylic acids is 3. The molecular formula is C25H41NO8. The Kier molecular flexibility index (Phi) is 16.4. The Bertz CT molecular complexity index is 717. The Labute approximate surface area is 202 Å². The number of carbonyl (C=O) groups is 3. The topological polar surface area (TPSA) is 145 Å². The van der Waals surface area contributed by atoms with Crippen LogP contribution in [0.4, 0.5) is 0 Å². The van der Waals surface area contributed by atoms with Crippen molar-refractivity contribution in [2.24, 2.45) is 0 Å². The maximum Gasteiger partial charge on any atom is 0.336 e. The van der Waals surface area contributed by atoms with Crippen molar-refractivity contribution in [3.8, 4) is 5.75 Å². The highest BCUT2D eigenvalue weighted by Gasteiger charge is 2.40. The molecule has 0 saturated carbocycles. The fourth-order valence-corrected chi connectivity index (χ4v) is 3.31. The van der Waals surface area contributed by atoms with Crippen LogP contribution in [0.2, 0.25) is 0 Å². The Morgan fingerprint density at radius 1 is 0.882 bits per heavy atom. The van der Waals surface area contributed by atoms with E-state index in [1.54, 1.807) is 0 Å². The molecular weight excluding hydrogens is 442 g/mol. The van der Waals surface area contributed by atoms with Crippen molar-refractivity contribution >= 4 is 17.9 Å². The van der Waals surface area contributed by atoms with Gasteiger partial charge in [0.1, 0.15) is 12.4 Å². The SMILES string of the molecule is CCCCCCCc1ccccc1OCCN(CC)CC.O=C(O)CC(O)(CC(=O)O)C(=O)O. The monoisotopic (exact) mass is 483 g/mol. The predicted molar refractivity (Wildman–Crippen MR) is 129 cm³/mol. The summed E-state index contributed by atoms with van der Waals surface area (Å²) in [6.45, 7) is 10.7. The van der Waals surface area contributed by atoms with Gasteiger partial charge in [-0.25, -0.2) is 4.79 Å². The minimum absolute atomic E-state index is 0.786. The number of aliphatic hydroxyl groups is 1. The first-order valence-corrected chi connectivity index (χ1v) is 11.9. The van der Waals surface area contributed by atoms with Crippen LogP contribution in [0.1, 0.15) is 71.3 Å². The van der Waals surface area contributed by atoms with Gasteiger partial charge in [-0.2, -0.15) is 0 Å². The Hall–Kier alpha value is -2.65. The quantitative estimate of drug-likeness (QED) is 0.244. The maximum absolute atomic E-state index is 10.3. The van der Waals surface area contributed by atoms with Gasteiger partial charge in [0, 0.05) is 6.54 Å². The molecule has 0 fully saturated rings. The molecule has 0 unspecified atom stereocenters. The molecule has 0 spiro atoms. The number of nitrogens with zero attached hydrogens (tertiary/aromatic N) is 1. The highest BCUT2D eigenvalue weighted by Crippen LogP contribution is 2.21. The fourth-order valence-electron chi connectivity index (χ4n) is 3.31. The number of para-hydroxylation sites is 1. The van der Waals surface area contributed by atoms with Crippen LogP contribution < -0.4 is 4.74 Å². The zero-order valence-corrected chi connectivity index (χ0v) is 20.7. The second kappa shape index (κ2) is 17.8. The first-order valence-electron chi connectivity index (χ1n) is 11.9. The number of carboxylic acid groups (broad SMARTS) is 3. The maximum atomic E-state index is 10.3. The van der Waals surface area contributed by atoms with Crippen LogP contribution in [0.25, 0.3) is 0 Å². The predicted octanol–water partition coefficient (Wildman–Crippen LogP) is 3.67. The lowest BCUT2D eigenvalue weighted by Crippen LogP contribution is -2.42. The highest BCUT2D eigenvalue weighted by atomic mass is 16.5. The van der Waals surface area contributed by atoms with Gasteiger partial charge >= 0.3 is 17.9 Å². The molecule has 1 aromatic rings. The number of rotatable bonds is 17. The second-order valence-electron chi connectivity index (χ2n) is 8.13. The number of aryl methyl sites for hydroxylation is 1. The van der Waals surface area contributed by atoms with Crippen LogP contribution in [0.5, 0.6) is 5.75 Å². The molecule has 34 heavy (non-hydrogen) atoms. The van der Waals surface area contributed by atoms with Crippen molar-refractivity contribution < 1.29 is 39.5 Å². The molecule has 0 bridgehead atoms. The molecule has 9 heteroatoms. The molecule has 0 saturated heterocycles. The third kappa shape index (κ3) is 13.8. The van der Waals surface area contributed by atoms with E-state index in [9.17, 15) is 14.4 Å². The molecule has 0 aromatic heterocycles. The highest BCUT2D eigenvalue weighted by molar-refractivity contribution is 5.88. The minimum atomic E-state index is -2.74. The summed E-state index contributed by atoms with van der Waals surface area (Å²) in [5, 5.41) is 33.8. The second-order valence-corrected chi connectivity index (χ2v) is 8.13. The van der Waals surface area contributed by atoms with Crippen LogP contribution in [-0.4, -0.2) is 75.1 Å². The molecule has 1 rings (SSSR count). The van der Waals surface area contributed by atoms with Gasteiger partial charge < -0.3 is 30.1 Å². The number of benzene rings is 1. The number of hydrogen-bond donors (Lipinski definition) is 4. The van der Waals surface area contributed by atoms with Crippen LogP contribution in [0, 0.1) is 0 Å². The lowest BCUT2D eigenvalue weighted by atomic mass is 9.96. The molecule has 1 aromatic carbocycles. The Balaban J connectivity index is 0.000000722. The van der Waals surface area contributed by atoms with E-state index in [-0.39, 0.29) is 0 Å². The molecule has 0 radical (unpaired) electrons. The van der Waals surface area contributed by atoms with Crippen LogP contribution in [0.3, 0.4) is 0 Å². The van der Waals surface area contributed by atoms with Gasteiger partial charge in [0.15, 0.2) is 5.60 Å².